The molecule has 11 heteroatoms. The van der Waals surface area contributed by atoms with E-state index in [9.17, 15) is 13.2 Å². The third-order valence-corrected chi connectivity index (χ3v) is 7.47. The van der Waals surface area contributed by atoms with Gasteiger partial charge in [0.05, 0.1) is 32.0 Å². The van der Waals surface area contributed by atoms with Gasteiger partial charge in [-0.2, -0.15) is 4.31 Å². The van der Waals surface area contributed by atoms with Crippen LogP contribution in [0.3, 0.4) is 0 Å². The molecule has 2 saturated heterocycles. The second kappa shape index (κ2) is 10.3. The second-order valence-corrected chi connectivity index (χ2v) is 9.67. The van der Waals surface area contributed by atoms with Crippen molar-refractivity contribution in [2.24, 2.45) is 0 Å². The number of hydrogen-bond acceptors (Lipinski definition) is 8. The van der Waals surface area contributed by atoms with E-state index >= 15 is 0 Å². The predicted molar refractivity (Wildman–Crippen MR) is 119 cm³/mol. The Morgan fingerprint density at radius 1 is 1.00 bits per heavy atom. The fourth-order valence-corrected chi connectivity index (χ4v) is 5.09. The largest absolute Gasteiger partial charge is 0.379 e. The highest BCUT2D eigenvalue weighted by molar-refractivity contribution is 7.89. The molecule has 1 N–H and O–H groups in total. The normalized spacial score (nSPS) is 18.4. The molecule has 2 aromatic heterocycles. The molecule has 0 spiro atoms. The maximum absolute atomic E-state index is 12.7. The Labute approximate surface area is 188 Å². The number of carbonyl (C=O) groups excluding carboxylic acids is 1. The summed E-state index contributed by atoms with van der Waals surface area (Å²) in [7, 11) is -3.54. The van der Waals surface area contributed by atoms with Crippen LogP contribution in [0.4, 0.5) is 5.82 Å². The van der Waals surface area contributed by atoms with E-state index in [1.807, 2.05) is 18.2 Å². The summed E-state index contributed by atoms with van der Waals surface area (Å²) in [5, 5.41) is 2.90. The van der Waals surface area contributed by atoms with Crippen LogP contribution in [0.1, 0.15) is 5.69 Å². The molecule has 0 radical (unpaired) electrons. The summed E-state index contributed by atoms with van der Waals surface area (Å²) in [6.45, 7) is 5.20. The van der Waals surface area contributed by atoms with Gasteiger partial charge in [0.25, 0.3) is 0 Å². The monoisotopic (exact) mass is 460 g/mol. The molecule has 0 saturated carbocycles. The number of pyridine rings is 2. The minimum Gasteiger partial charge on any atom is -0.379 e. The van der Waals surface area contributed by atoms with E-state index in [-0.39, 0.29) is 10.8 Å². The SMILES string of the molecule is O=C(CN1CCN(c2ccc(S(=O)(=O)N3CCOCC3)cn2)CC1)NCc1ccccn1. The third kappa shape index (κ3) is 5.60. The van der Waals surface area contributed by atoms with Gasteiger partial charge in [0.15, 0.2) is 0 Å². The zero-order valence-corrected chi connectivity index (χ0v) is 18.7. The molecule has 1 amide bonds. The van der Waals surface area contributed by atoms with Crippen molar-refractivity contribution >= 4 is 21.7 Å². The van der Waals surface area contributed by atoms with Gasteiger partial charge in [0.2, 0.25) is 15.9 Å². The molecule has 0 aromatic carbocycles. The minimum absolute atomic E-state index is 0.0279. The van der Waals surface area contributed by atoms with Crippen LogP contribution in [0.25, 0.3) is 0 Å². The Balaban J connectivity index is 1.25. The second-order valence-electron chi connectivity index (χ2n) is 7.73. The standard InChI is InChI=1S/C21H28N6O4S/c28-21(24-15-18-3-1-2-6-22-18)17-25-7-9-26(10-8-25)20-5-4-19(16-23-20)32(29,30)27-11-13-31-14-12-27/h1-6,16H,7-15,17H2,(H,24,28). The summed E-state index contributed by atoms with van der Waals surface area (Å²) in [5.41, 5.74) is 0.829. The van der Waals surface area contributed by atoms with E-state index < -0.39 is 10.0 Å². The molecule has 0 atom stereocenters. The Kier molecular flexibility index (Phi) is 7.30. The topological polar surface area (TPSA) is 108 Å². The molecular formula is C21H28N6O4S. The molecule has 2 fully saturated rings. The number of carbonyl (C=O) groups is 1. The molecule has 2 aliphatic rings. The van der Waals surface area contributed by atoms with E-state index in [2.05, 4.69) is 25.1 Å². The average molecular weight is 461 g/mol. The first-order valence-corrected chi connectivity index (χ1v) is 12.1. The quantitative estimate of drug-likeness (QED) is 0.612. The minimum atomic E-state index is -3.54. The number of aromatic nitrogens is 2. The molecule has 0 unspecified atom stereocenters. The van der Waals surface area contributed by atoms with E-state index in [4.69, 9.17) is 4.74 Å². The van der Waals surface area contributed by atoms with E-state index in [1.54, 1.807) is 18.3 Å². The number of nitrogens with one attached hydrogen (secondary N) is 1. The van der Waals surface area contributed by atoms with Crippen LogP contribution in [0.2, 0.25) is 0 Å². The lowest BCUT2D eigenvalue weighted by Gasteiger charge is -2.35. The third-order valence-electron chi connectivity index (χ3n) is 5.58. The van der Waals surface area contributed by atoms with E-state index in [0.717, 1.165) is 37.7 Å². The number of morpholine rings is 1. The first kappa shape index (κ1) is 22.6. The van der Waals surface area contributed by atoms with Crippen molar-refractivity contribution in [3.05, 3.63) is 48.4 Å². The lowest BCUT2D eigenvalue weighted by Crippen LogP contribution is -2.49. The van der Waals surface area contributed by atoms with Crippen LogP contribution in [-0.4, -0.2) is 92.5 Å². The highest BCUT2D eigenvalue weighted by Gasteiger charge is 2.27. The Morgan fingerprint density at radius 3 is 2.44 bits per heavy atom. The van der Waals surface area contributed by atoms with Crippen LogP contribution < -0.4 is 10.2 Å². The number of ether oxygens (including phenoxy) is 1. The zero-order chi connectivity index (χ0) is 22.4. The van der Waals surface area contributed by atoms with Crippen molar-refractivity contribution < 1.29 is 17.9 Å². The maximum Gasteiger partial charge on any atom is 0.244 e. The van der Waals surface area contributed by atoms with Crippen LogP contribution in [0, 0.1) is 0 Å². The van der Waals surface area contributed by atoms with Crippen molar-refractivity contribution in [3.63, 3.8) is 0 Å². The van der Waals surface area contributed by atoms with Gasteiger partial charge in [-0.3, -0.25) is 14.7 Å². The van der Waals surface area contributed by atoms with Crippen LogP contribution >= 0.6 is 0 Å². The molecule has 2 aromatic rings. The highest BCUT2D eigenvalue weighted by atomic mass is 32.2. The summed E-state index contributed by atoms with van der Waals surface area (Å²) in [5.74, 6) is 0.713. The summed E-state index contributed by atoms with van der Waals surface area (Å²) in [6.07, 6.45) is 3.14. The van der Waals surface area contributed by atoms with Gasteiger partial charge < -0.3 is 15.0 Å². The van der Waals surface area contributed by atoms with Crippen molar-refractivity contribution in [3.8, 4) is 0 Å². The number of hydrogen-bond donors (Lipinski definition) is 1. The molecule has 2 aliphatic heterocycles. The van der Waals surface area contributed by atoms with Gasteiger partial charge in [-0.05, 0) is 24.3 Å². The van der Waals surface area contributed by atoms with Gasteiger partial charge in [0, 0.05) is 51.7 Å². The number of anilines is 1. The lowest BCUT2D eigenvalue weighted by molar-refractivity contribution is -0.122. The van der Waals surface area contributed by atoms with Crippen LogP contribution in [0.5, 0.6) is 0 Å². The fraction of sp³-hybridized carbons (Fsp3) is 0.476. The van der Waals surface area contributed by atoms with Gasteiger partial charge in [-0.15, -0.1) is 0 Å². The highest BCUT2D eigenvalue weighted by Crippen LogP contribution is 2.20. The Hall–Kier alpha value is -2.60. The molecule has 32 heavy (non-hydrogen) atoms. The van der Waals surface area contributed by atoms with Gasteiger partial charge in [-0.1, -0.05) is 6.07 Å². The van der Waals surface area contributed by atoms with E-state index in [1.165, 1.54) is 10.5 Å². The first-order chi connectivity index (χ1) is 15.5. The number of amides is 1. The van der Waals surface area contributed by atoms with Crippen LogP contribution in [0.15, 0.2) is 47.6 Å². The Morgan fingerprint density at radius 2 is 1.78 bits per heavy atom. The number of sulfonamides is 1. The Bertz CT molecular complexity index is 989. The molecule has 172 valence electrons. The fourth-order valence-electron chi connectivity index (χ4n) is 3.73. The number of piperazine rings is 1. The van der Waals surface area contributed by atoms with E-state index in [0.29, 0.717) is 39.4 Å². The molecule has 4 heterocycles. The lowest BCUT2D eigenvalue weighted by atomic mass is 10.3. The average Bonchev–Trinajstić information content (AvgIpc) is 2.84. The van der Waals surface area contributed by atoms with Crippen molar-refractivity contribution in [1.29, 1.82) is 0 Å². The zero-order valence-electron chi connectivity index (χ0n) is 17.9. The first-order valence-electron chi connectivity index (χ1n) is 10.7. The van der Waals surface area contributed by atoms with Crippen molar-refractivity contribution in [2.75, 3.05) is 63.9 Å². The molecule has 4 rings (SSSR count). The van der Waals surface area contributed by atoms with Crippen LogP contribution in [-0.2, 0) is 26.1 Å². The molecular weight excluding hydrogens is 432 g/mol. The number of rotatable bonds is 7. The predicted octanol–water partition coefficient (Wildman–Crippen LogP) is -0.0641. The van der Waals surface area contributed by atoms with Gasteiger partial charge >= 0.3 is 0 Å². The summed E-state index contributed by atoms with van der Waals surface area (Å²) in [6, 6.07) is 8.99. The van der Waals surface area contributed by atoms with Crippen molar-refractivity contribution in [1.82, 2.24) is 24.5 Å². The molecule has 0 bridgehead atoms. The summed E-state index contributed by atoms with van der Waals surface area (Å²) >= 11 is 0. The molecule has 10 nitrogen and oxygen atoms in total. The van der Waals surface area contributed by atoms with Gasteiger partial charge in [0.1, 0.15) is 10.7 Å². The maximum atomic E-state index is 12.7. The van der Waals surface area contributed by atoms with Gasteiger partial charge in [-0.25, -0.2) is 13.4 Å². The molecule has 0 aliphatic carbocycles. The summed E-state index contributed by atoms with van der Waals surface area (Å²) in [4.78, 5) is 25.2. The smallest absolute Gasteiger partial charge is 0.244 e. The van der Waals surface area contributed by atoms with Crippen molar-refractivity contribution in [2.45, 2.75) is 11.4 Å². The summed E-state index contributed by atoms with van der Waals surface area (Å²) < 4.78 is 32.1. The number of nitrogens with zero attached hydrogens (tertiary/aromatic N) is 5.